The summed E-state index contributed by atoms with van der Waals surface area (Å²) in [6.45, 7) is 0. The third-order valence-corrected chi connectivity index (χ3v) is 4.38. The number of amides is 2. The van der Waals surface area contributed by atoms with E-state index in [1.165, 1.54) is 19.3 Å². The van der Waals surface area contributed by atoms with Crippen LogP contribution in [0.1, 0.15) is 38.5 Å². The van der Waals surface area contributed by atoms with Crippen LogP contribution in [0.15, 0.2) is 0 Å². The van der Waals surface area contributed by atoms with Gasteiger partial charge in [0.1, 0.15) is 6.04 Å². The maximum Gasteiger partial charge on any atom is 0.242 e. The van der Waals surface area contributed by atoms with Crippen LogP contribution in [-0.4, -0.2) is 23.9 Å². The van der Waals surface area contributed by atoms with Gasteiger partial charge in [0, 0.05) is 12.5 Å². The van der Waals surface area contributed by atoms with Crippen LogP contribution in [0.5, 0.6) is 0 Å². The van der Waals surface area contributed by atoms with Gasteiger partial charge >= 0.3 is 0 Å². The summed E-state index contributed by atoms with van der Waals surface area (Å²) in [5, 5.41) is 5.84. The van der Waals surface area contributed by atoms with Gasteiger partial charge < -0.3 is 10.6 Å². The van der Waals surface area contributed by atoms with Crippen molar-refractivity contribution < 1.29 is 9.59 Å². The van der Waals surface area contributed by atoms with Crippen molar-refractivity contribution in [3.63, 3.8) is 0 Å². The van der Waals surface area contributed by atoms with Crippen molar-refractivity contribution in [2.24, 2.45) is 11.8 Å². The first-order valence-corrected chi connectivity index (χ1v) is 6.32. The van der Waals surface area contributed by atoms with Crippen LogP contribution in [0.3, 0.4) is 0 Å². The monoisotopic (exact) mass is 222 g/mol. The normalized spacial score (nSPS) is 41.1. The molecule has 2 bridgehead atoms. The van der Waals surface area contributed by atoms with E-state index in [0.29, 0.717) is 24.8 Å². The Bertz CT molecular complexity index is 329. The molecule has 0 aromatic carbocycles. The van der Waals surface area contributed by atoms with E-state index in [1.54, 1.807) is 0 Å². The molecule has 4 atom stereocenters. The fourth-order valence-electron chi connectivity index (χ4n) is 3.52. The highest BCUT2D eigenvalue weighted by Crippen LogP contribution is 2.44. The van der Waals surface area contributed by atoms with Crippen molar-refractivity contribution in [2.75, 3.05) is 0 Å². The third-order valence-electron chi connectivity index (χ3n) is 4.38. The first-order chi connectivity index (χ1) is 7.72. The quantitative estimate of drug-likeness (QED) is 0.717. The molecule has 1 saturated heterocycles. The van der Waals surface area contributed by atoms with Gasteiger partial charge in [0.2, 0.25) is 11.8 Å². The van der Waals surface area contributed by atoms with E-state index in [0.717, 1.165) is 12.3 Å². The molecule has 3 rings (SSSR count). The summed E-state index contributed by atoms with van der Waals surface area (Å²) in [6.07, 6.45) is 6.21. The van der Waals surface area contributed by atoms with Crippen molar-refractivity contribution >= 4 is 11.8 Å². The van der Waals surface area contributed by atoms with E-state index in [1.807, 2.05) is 0 Å². The average Bonchev–Trinajstić information content (AvgIpc) is 2.92. The van der Waals surface area contributed by atoms with E-state index in [9.17, 15) is 9.59 Å². The minimum absolute atomic E-state index is 0.00749. The zero-order valence-electron chi connectivity index (χ0n) is 9.37. The highest BCUT2D eigenvalue weighted by atomic mass is 16.2. The van der Waals surface area contributed by atoms with E-state index >= 15 is 0 Å². The Balaban J connectivity index is 1.55. The third kappa shape index (κ3) is 1.70. The molecule has 3 aliphatic rings. The highest BCUT2D eigenvalue weighted by molar-refractivity contribution is 5.90. The van der Waals surface area contributed by atoms with E-state index in [4.69, 9.17) is 0 Å². The standard InChI is InChI=1S/C12H18N2O2/c15-11-4-3-9(13-11)12(16)14-10-6-7-1-2-8(10)5-7/h7-10H,1-6H2,(H,13,15)(H,14,16)/t7-,8-,9+,10-/m0/s1. The number of nitrogens with one attached hydrogen (secondary N) is 2. The number of hydrogen-bond donors (Lipinski definition) is 2. The molecule has 2 saturated carbocycles. The number of carbonyl (C=O) groups is 2. The van der Waals surface area contributed by atoms with Gasteiger partial charge in [0.15, 0.2) is 0 Å². The summed E-state index contributed by atoms with van der Waals surface area (Å²) in [5.41, 5.74) is 0. The maximum absolute atomic E-state index is 11.9. The molecule has 0 radical (unpaired) electrons. The van der Waals surface area contributed by atoms with Gasteiger partial charge in [0.05, 0.1) is 0 Å². The molecule has 2 aliphatic carbocycles. The Morgan fingerprint density at radius 3 is 2.69 bits per heavy atom. The molecule has 0 unspecified atom stereocenters. The molecule has 1 aliphatic heterocycles. The average molecular weight is 222 g/mol. The summed E-state index contributed by atoms with van der Waals surface area (Å²) in [4.78, 5) is 22.9. The van der Waals surface area contributed by atoms with Crippen LogP contribution in [0.25, 0.3) is 0 Å². The van der Waals surface area contributed by atoms with E-state index in [2.05, 4.69) is 10.6 Å². The van der Waals surface area contributed by atoms with E-state index < -0.39 is 0 Å². The Hall–Kier alpha value is -1.06. The zero-order valence-corrected chi connectivity index (χ0v) is 9.37. The number of fused-ring (bicyclic) bond motifs is 2. The summed E-state index contributed by atoms with van der Waals surface area (Å²) in [7, 11) is 0. The lowest BCUT2D eigenvalue weighted by Gasteiger charge is -2.24. The van der Waals surface area contributed by atoms with Crippen LogP contribution >= 0.6 is 0 Å². The summed E-state index contributed by atoms with van der Waals surface area (Å²) in [6, 6.07) is 0.107. The van der Waals surface area contributed by atoms with Gasteiger partial charge in [-0.2, -0.15) is 0 Å². The molecule has 16 heavy (non-hydrogen) atoms. The SMILES string of the molecule is O=C1CC[C@H](C(=O)N[C@H]2C[C@H]3CC[C@H]2C3)N1. The first-order valence-electron chi connectivity index (χ1n) is 6.32. The lowest BCUT2D eigenvalue weighted by Crippen LogP contribution is -2.47. The molecular formula is C12H18N2O2. The van der Waals surface area contributed by atoms with Gasteiger partial charge in [-0.1, -0.05) is 6.42 Å². The molecule has 1 heterocycles. The summed E-state index contributed by atoms with van der Waals surface area (Å²) < 4.78 is 0. The fraction of sp³-hybridized carbons (Fsp3) is 0.833. The largest absolute Gasteiger partial charge is 0.351 e. The van der Waals surface area contributed by atoms with Crippen LogP contribution in [0.4, 0.5) is 0 Å². The molecule has 3 fully saturated rings. The minimum atomic E-state index is -0.272. The fourth-order valence-corrected chi connectivity index (χ4v) is 3.52. The van der Waals surface area contributed by atoms with E-state index in [-0.39, 0.29) is 17.9 Å². The second-order valence-corrected chi connectivity index (χ2v) is 5.45. The van der Waals surface area contributed by atoms with Crippen molar-refractivity contribution in [3.05, 3.63) is 0 Å². The minimum Gasteiger partial charge on any atom is -0.351 e. The first kappa shape index (κ1) is 10.1. The van der Waals surface area contributed by atoms with Crippen LogP contribution < -0.4 is 10.6 Å². The molecule has 4 nitrogen and oxygen atoms in total. The molecule has 0 spiro atoms. The molecule has 4 heteroatoms. The smallest absolute Gasteiger partial charge is 0.242 e. The summed E-state index contributed by atoms with van der Waals surface area (Å²) >= 11 is 0. The topological polar surface area (TPSA) is 58.2 Å². The molecule has 0 aromatic rings. The Morgan fingerprint density at radius 1 is 1.25 bits per heavy atom. The predicted octanol–water partition coefficient (Wildman–Crippen LogP) is 0.570. The van der Waals surface area contributed by atoms with Gasteiger partial charge in [-0.3, -0.25) is 9.59 Å². The van der Waals surface area contributed by atoms with Gasteiger partial charge in [-0.05, 0) is 37.5 Å². The molecule has 88 valence electrons. The second kappa shape index (κ2) is 3.75. The molecular weight excluding hydrogens is 204 g/mol. The van der Waals surface area contributed by atoms with Gasteiger partial charge in [-0.25, -0.2) is 0 Å². The number of hydrogen-bond acceptors (Lipinski definition) is 2. The Morgan fingerprint density at radius 2 is 2.12 bits per heavy atom. The lowest BCUT2D eigenvalue weighted by atomic mass is 9.95. The van der Waals surface area contributed by atoms with Gasteiger partial charge in [0.25, 0.3) is 0 Å². The Kier molecular flexibility index (Phi) is 2.37. The van der Waals surface area contributed by atoms with Crippen molar-refractivity contribution in [1.29, 1.82) is 0 Å². The van der Waals surface area contributed by atoms with Crippen molar-refractivity contribution in [3.8, 4) is 0 Å². The maximum atomic E-state index is 11.9. The highest BCUT2D eigenvalue weighted by Gasteiger charge is 2.41. The molecule has 2 amide bonds. The predicted molar refractivity (Wildman–Crippen MR) is 58.5 cm³/mol. The van der Waals surface area contributed by atoms with Crippen molar-refractivity contribution in [2.45, 2.75) is 50.6 Å². The van der Waals surface area contributed by atoms with Crippen molar-refractivity contribution in [1.82, 2.24) is 10.6 Å². The molecule has 0 aromatic heterocycles. The Labute approximate surface area is 95.2 Å². The second-order valence-electron chi connectivity index (χ2n) is 5.45. The number of rotatable bonds is 2. The van der Waals surface area contributed by atoms with Crippen LogP contribution in [0, 0.1) is 11.8 Å². The van der Waals surface area contributed by atoms with Crippen LogP contribution in [-0.2, 0) is 9.59 Å². The van der Waals surface area contributed by atoms with Crippen LogP contribution in [0.2, 0.25) is 0 Å². The summed E-state index contributed by atoms with van der Waals surface area (Å²) in [5.74, 6) is 1.58. The lowest BCUT2D eigenvalue weighted by molar-refractivity contribution is -0.126. The molecule has 2 N–H and O–H groups in total. The zero-order chi connectivity index (χ0) is 11.1. The van der Waals surface area contributed by atoms with Gasteiger partial charge in [-0.15, -0.1) is 0 Å². The number of carbonyl (C=O) groups excluding carboxylic acids is 2.